The van der Waals surface area contributed by atoms with E-state index in [0.717, 1.165) is 12.0 Å². The fourth-order valence-corrected chi connectivity index (χ4v) is 3.26. The molecule has 2 unspecified atom stereocenters. The Hall–Kier alpha value is -2.37. The Bertz CT molecular complexity index is 647. The Morgan fingerprint density at radius 2 is 1.96 bits per heavy atom. The highest BCUT2D eigenvalue weighted by Gasteiger charge is 2.43. The number of carbonyl (C=O) groups is 3. The molecular formula is C17H21N3O3. The molecule has 23 heavy (non-hydrogen) atoms. The van der Waals surface area contributed by atoms with E-state index in [9.17, 15) is 14.4 Å². The summed E-state index contributed by atoms with van der Waals surface area (Å²) in [5.41, 5.74) is 2.33. The van der Waals surface area contributed by atoms with Gasteiger partial charge in [0.05, 0.1) is 6.04 Å². The molecule has 6 nitrogen and oxygen atoms in total. The van der Waals surface area contributed by atoms with Gasteiger partial charge in [-0.15, -0.1) is 0 Å². The maximum Gasteiger partial charge on any atom is 0.321 e. The Balaban J connectivity index is 1.80. The predicted octanol–water partition coefficient (Wildman–Crippen LogP) is 1.36. The Labute approximate surface area is 135 Å². The number of nitrogens with zero attached hydrogens (tertiary/aromatic N) is 2. The minimum absolute atomic E-state index is 0.0775. The Morgan fingerprint density at radius 3 is 2.70 bits per heavy atom. The van der Waals surface area contributed by atoms with Crippen LogP contribution in [-0.4, -0.2) is 53.3 Å². The van der Waals surface area contributed by atoms with Crippen molar-refractivity contribution >= 4 is 17.8 Å². The minimum Gasteiger partial charge on any atom is -0.319 e. The van der Waals surface area contributed by atoms with Gasteiger partial charge in [-0.1, -0.05) is 29.9 Å². The lowest BCUT2D eigenvalue weighted by Gasteiger charge is -2.28. The number of carbonyl (C=O) groups excluding carboxylic acids is 3. The molecule has 2 heterocycles. The normalized spacial score (nSPS) is 28.5. The van der Waals surface area contributed by atoms with Gasteiger partial charge in [-0.3, -0.25) is 14.9 Å². The van der Waals surface area contributed by atoms with Gasteiger partial charge in [-0.2, -0.15) is 0 Å². The Kier molecular flexibility index (Phi) is 4.07. The standard InChI is InChI=1S/C17H21N3O3/c1-11-4-3-5-12(7-6-11)14-10-20(17(23)19(14)2)13-8-9-15(21)18-16(13)22/h3,5-7,13-14H,4,8-10H2,1-2H3,(H,18,21,22). The van der Waals surface area contributed by atoms with E-state index in [-0.39, 0.29) is 30.3 Å². The van der Waals surface area contributed by atoms with E-state index in [1.165, 1.54) is 5.57 Å². The molecule has 0 bridgehead atoms. The van der Waals surface area contributed by atoms with Crippen molar-refractivity contribution in [3.63, 3.8) is 0 Å². The van der Waals surface area contributed by atoms with E-state index in [2.05, 4.69) is 30.5 Å². The van der Waals surface area contributed by atoms with Gasteiger partial charge in [-0.25, -0.2) is 4.79 Å². The molecule has 6 heteroatoms. The van der Waals surface area contributed by atoms with Crippen LogP contribution in [0.15, 0.2) is 35.5 Å². The Morgan fingerprint density at radius 1 is 1.17 bits per heavy atom. The van der Waals surface area contributed by atoms with Crippen molar-refractivity contribution in [2.75, 3.05) is 13.6 Å². The summed E-state index contributed by atoms with van der Waals surface area (Å²) in [6, 6.07) is -0.796. The van der Waals surface area contributed by atoms with Crippen LogP contribution in [0.3, 0.4) is 0 Å². The first-order chi connectivity index (χ1) is 11.0. The minimum atomic E-state index is -0.555. The number of imide groups is 1. The third-order valence-corrected chi connectivity index (χ3v) is 4.67. The molecule has 0 aromatic heterocycles. The summed E-state index contributed by atoms with van der Waals surface area (Å²) in [7, 11) is 1.76. The van der Waals surface area contributed by atoms with Crippen LogP contribution in [0.5, 0.6) is 0 Å². The van der Waals surface area contributed by atoms with Crippen LogP contribution in [-0.2, 0) is 9.59 Å². The highest BCUT2D eigenvalue weighted by atomic mass is 16.2. The molecule has 0 aromatic carbocycles. The summed E-state index contributed by atoms with van der Waals surface area (Å²) in [4.78, 5) is 39.1. The second-order valence-corrected chi connectivity index (χ2v) is 6.31. The van der Waals surface area contributed by atoms with E-state index in [4.69, 9.17) is 0 Å². The maximum absolute atomic E-state index is 12.6. The molecule has 3 aliphatic rings. The van der Waals surface area contributed by atoms with Crippen LogP contribution in [0, 0.1) is 0 Å². The molecular weight excluding hydrogens is 294 g/mol. The van der Waals surface area contributed by atoms with Gasteiger partial charge in [0.1, 0.15) is 6.04 Å². The van der Waals surface area contributed by atoms with Crippen molar-refractivity contribution in [2.45, 2.75) is 38.3 Å². The number of rotatable bonds is 2. The van der Waals surface area contributed by atoms with Gasteiger partial charge >= 0.3 is 6.03 Å². The molecule has 2 saturated heterocycles. The first-order valence-corrected chi connectivity index (χ1v) is 7.88. The van der Waals surface area contributed by atoms with Gasteiger partial charge in [0.15, 0.2) is 0 Å². The predicted molar refractivity (Wildman–Crippen MR) is 85.4 cm³/mol. The van der Waals surface area contributed by atoms with Gasteiger partial charge in [-0.05, 0) is 25.3 Å². The lowest BCUT2D eigenvalue weighted by molar-refractivity contribution is -0.136. The van der Waals surface area contributed by atoms with Gasteiger partial charge in [0.2, 0.25) is 11.8 Å². The number of amides is 4. The van der Waals surface area contributed by atoms with Crippen molar-refractivity contribution in [1.82, 2.24) is 15.1 Å². The zero-order valence-corrected chi connectivity index (χ0v) is 13.4. The summed E-state index contributed by atoms with van der Waals surface area (Å²) in [5, 5.41) is 2.32. The van der Waals surface area contributed by atoms with Crippen LogP contribution >= 0.6 is 0 Å². The van der Waals surface area contributed by atoms with Crippen molar-refractivity contribution in [3.8, 4) is 0 Å². The fourth-order valence-electron chi connectivity index (χ4n) is 3.26. The first-order valence-electron chi connectivity index (χ1n) is 7.88. The second-order valence-electron chi connectivity index (χ2n) is 6.31. The number of piperidine rings is 1. The molecule has 0 radical (unpaired) electrons. The van der Waals surface area contributed by atoms with E-state index < -0.39 is 6.04 Å². The number of allylic oxidation sites excluding steroid dienone is 4. The molecule has 2 aliphatic heterocycles. The fraction of sp³-hybridized carbons (Fsp3) is 0.471. The van der Waals surface area contributed by atoms with Crippen LogP contribution in [0.25, 0.3) is 0 Å². The third-order valence-electron chi connectivity index (χ3n) is 4.67. The van der Waals surface area contributed by atoms with E-state index in [1.807, 2.05) is 6.08 Å². The lowest BCUT2D eigenvalue weighted by atomic mass is 10.0. The monoisotopic (exact) mass is 315 g/mol. The summed E-state index contributed by atoms with van der Waals surface area (Å²) >= 11 is 0. The van der Waals surface area contributed by atoms with Crippen molar-refractivity contribution in [1.29, 1.82) is 0 Å². The first kappa shape index (κ1) is 15.5. The molecule has 3 rings (SSSR count). The molecule has 4 amide bonds. The number of likely N-dealkylation sites (N-methyl/N-ethyl adjacent to an activating group) is 1. The van der Waals surface area contributed by atoms with Crippen molar-refractivity contribution < 1.29 is 14.4 Å². The largest absolute Gasteiger partial charge is 0.321 e. The second kappa shape index (κ2) is 6.02. The van der Waals surface area contributed by atoms with Crippen molar-refractivity contribution in [3.05, 3.63) is 35.5 Å². The SMILES string of the molecule is CC1=CC=C(C2CN(C3CCC(=O)NC3=O)C(=O)N2C)C=CC1. The summed E-state index contributed by atoms with van der Waals surface area (Å²) in [6.45, 7) is 2.54. The van der Waals surface area contributed by atoms with Crippen molar-refractivity contribution in [2.24, 2.45) is 0 Å². The number of urea groups is 1. The van der Waals surface area contributed by atoms with Crippen LogP contribution in [0.1, 0.15) is 26.2 Å². The molecule has 0 spiro atoms. The van der Waals surface area contributed by atoms with E-state index >= 15 is 0 Å². The lowest BCUT2D eigenvalue weighted by Crippen LogP contribution is -2.53. The van der Waals surface area contributed by atoms with Gasteiger partial charge in [0.25, 0.3) is 0 Å². The average Bonchev–Trinajstić information content (AvgIpc) is 2.68. The summed E-state index contributed by atoms with van der Waals surface area (Å²) in [6.07, 6.45) is 9.84. The van der Waals surface area contributed by atoms with E-state index in [0.29, 0.717) is 13.0 Å². The quantitative estimate of drug-likeness (QED) is 0.782. The molecule has 1 aliphatic carbocycles. The van der Waals surface area contributed by atoms with Crippen LogP contribution < -0.4 is 5.32 Å². The number of hydrogen-bond donors (Lipinski definition) is 1. The number of nitrogens with one attached hydrogen (secondary N) is 1. The molecule has 2 atom stereocenters. The average molecular weight is 315 g/mol. The zero-order valence-electron chi connectivity index (χ0n) is 13.4. The summed E-state index contributed by atoms with van der Waals surface area (Å²) < 4.78 is 0. The molecule has 0 aromatic rings. The highest BCUT2D eigenvalue weighted by Crippen LogP contribution is 2.27. The zero-order chi connectivity index (χ0) is 16.6. The molecule has 122 valence electrons. The smallest absolute Gasteiger partial charge is 0.319 e. The maximum atomic E-state index is 12.6. The molecule has 1 N–H and O–H groups in total. The topological polar surface area (TPSA) is 69.7 Å². The molecule has 0 saturated carbocycles. The van der Waals surface area contributed by atoms with Crippen LogP contribution in [0.2, 0.25) is 0 Å². The van der Waals surface area contributed by atoms with Gasteiger partial charge < -0.3 is 9.80 Å². The third kappa shape index (κ3) is 2.93. The van der Waals surface area contributed by atoms with Gasteiger partial charge in [0, 0.05) is 20.0 Å². The van der Waals surface area contributed by atoms with E-state index in [1.54, 1.807) is 16.8 Å². The highest BCUT2D eigenvalue weighted by molar-refractivity contribution is 6.01. The summed E-state index contributed by atoms with van der Waals surface area (Å²) in [5.74, 6) is -0.636. The molecule has 2 fully saturated rings. The van der Waals surface area contributed by atoms with Crippen LogP contribution in [0.4, 0.5) is 4.79 Å². The number of hydrogen-bond acceptors (Lipinski definition) is 3.